The molecule has 1 atom stereocenters. The predicted molar refractivity (Wildman–Crippen MR) is 52.4 cm³/mol. The van der Waals surface area contributed by atoms with Gasteiger partial charge in [-0.2, -0.15) is 0 Å². The molecule has 13 heavy (non-hydrogen) atoms. The van der Waals surface area contributed by atoms with Crippen LogP contribution in [0.2, 0.25) is 0 Å². The van der Waals surface area contributed by atoms with Gasteiger partial charge in [-0.15, -0.1) is 0 Å². The Morgan fingerprint density at radius 2 is 2.23 bits per heavy atom. The van der Waals surface area contributed by atoms with Crippen molar-refractivity contribution in [2.75, 3.05) is 0 Å². The first-order valence-electron chi connectivity index (χ1n) is 4.81. The van der Waals surface area contributed by atoms with Crippen LogP contribution in [0.25, 0.3) is 0 Å². The van der Waals surface area contributed by atoms with Crippen LogP contribution in [-0.2, 0) is 0 Å². The standard InChI is InChI=1S/C11H14N2/c1-9-4-2-3-5-10(9)11-8-12-6-7-13-11/h6-8,10H,1-5H2. The van der Waals surface area contributed by atoms with E-state index in [-0.39, 0.29) is 0 Å². The van der Waals surface area contributed by atoms with Crippen LogP contribution in [0.1, 0.15) is 37.3 Å². The summed E-state index contributed by atoms with van der Waals surface area (Å²) < 4.78 is 0. The Morgan fingerprint density at radius 3 is 2.92 bits per heavy atom. The third kappa shape index (κ3) is 1.77. The molecule has 2 rings (SSSR count). The fourth-order valence-corrected chi connectivity index (χ4v) is 1.93. The average Bonchev–Trinajstić information content (AvgIpc) is 2.20. The molecule has 1 fully saturated rings. The molecule has 0 bridgehead atoms. The lowest BCUT2D eigenvalue weighted by atomic mass is 9.83. The van der Waals surface area contributed by atoms with Gasteiger partial charge >= 0.3 is 0 Å². The second-order valence-electron chi connectivity index (χ2n) is 3.59. The Balaban J connectivity index is 2.20. The number of hydrogen-bond donors (Lipinski definition) is 0. The Morgan fingerprint density at radius 1 is 1.31 bits per heavy atom. The molecule has 0 aromatic carbocycles. The molecule has 1 aliphatic rings. The largest absolute Gasteiger partial charge is 0.261 e. The highest BCUT2D eigenvalue weighted by molar-refractivity contribution is 5.20. The zero-order valence-corrected chi connectivity index (χ0v) is 7.74. The Labute approximate surface area is 78.7 Å². The molecular formula is C11H14N2. The van der Waals surface area contributed by atoms with Gasteiger partial charge in [0.1, 0.15) is 0 Å². The maximum Gasteiger partial charge on any atom is 0.0657 e. The van der Waals surface area contributed by atoms with E-state index in [0.717, 1.165) is 12.1 Å². The van der Waals surface area contributed by atoms with E-state index in [0.29, 0.717) is 5.92 Å². The van der Waals surface area contributed by atoms with E-state index in [4.69, 9.17) is 0 Å². The first-order chi connectivity index (χ1) is 6.38. The molecule has 1 aromatic heterocycles. The molecule has 2 nitrogen and oxygen atoms in total. The Hall–Kier alpha value is -1.18. The molecule has 1 saturated carbocycles. The van der Waals surface area contributed by atoms with Crippen LogP contribution in [0, 0.1) is 0 Å². The van der Waals surface area contributed by atoms with Crippen molar-refractivity contribution < 1.29 is 0 Å². The molecular weight excluding hydrogens is 160 g/mol. The normalized spacial score (nSPS) is 23.1. The second kappa shape index (κ2) is 3.69. The molecule has 1 heterocycles. The van der Waals surface area contributed by atoms with Crippen LogP contribution in [0.3, 0.4) is 0 Å². The SMILES string of the molecule is C=C1CCCCC1c1cnccn1. The summed E-state index contributed by atoms with van der Waals surface area (Å²) in [4.78, 5) is 8.42. The average molecular weight is 174 g/mol. The van der Waals surface area contributed by atoms with E-state index in [1.54, 1.807) is 12.4 Å². The minimum Gasteiger partial charge on any atom is -0.261 e. The summed E-state index contributed by atoms with van der Waals surface area (Å²) in [5, 5.41) is 0. The van der Waals surface area contributed by atoms with E-state index in [1.807, 2.05) is 6.20 Å². The van der Waals surface area contributed by atoms with Gasteiger partial charge in [0.2, 0.25) is 0 Å². The van der Waals surface area contributed by atoms with Gasteiger partial charge in [0.15, 0.2) is 0 Å². The molecule has 2 heteroatoms. The van der Waals surface area contributed by atoms with Gasteiger partial charge < -0.3 is 0 Å². The molecule has 68 valence electrons. The van der Waals surface area contributed by atoms with Crippen molar-refractivity contribution in [2.24, 2.45) is 0 Å². The van der Waals surface area contributed by atoms with Crippen molar-refractivity contribution in [1.82, 2.24) is 9.97 Å². The van der Waals surface area contributed by atoms with Gasteiger partial charge in [-0.05, 0) is 19.3 Å². The number of nitrogens with zero attached hydrogens (tertiary/aromatic N) is 2. The maximum atomic E-state index is 4.33. The van der Waals surface area contributed by atoms with Crippen molar-refractivity contribution >= 4 is 0 Å². The molecule has 0 N–H and O–H groups in total. The first kappa shape index (κ1) is 8.42. The number of hydrogen-bond acceptors (Lipinski definition) is 2. The fraction of sp³-hybridized carbons (Fsp3) is 0.455. The van der Waals surface area contributed by atoms with Crippen LogP contribution < -0.4 is 0 Å². The third-order valence-electron chi connectivity index (χ3n) is 2.67. The summed E-state index contributed by atoms with van der Waals surface area (Å²) in [7, 11) is 0. The second-order valence-corrected chi connectivity index (χ2v) is 3.59. The summed E-state index contributed by atoms with van der Waals surface area (Å²) >= 11 is 0. The topological polar surface area (TPSA) is 25.8 Å². The van der Waals surface area contributed by atoms with E-state index in [9.17, 15) is 0 Å². The minimum absolute atomic E-state index is 0.461. The molecule has 1 aliphatic carbocycles. The van der Waals surface area contributed by atoms with Crippen molar-refractivity contribution in [1.29, 1.82) is 0 Å². The highest BCUT2D eigenvalue weighted by atomic mass is 14.8. The van der Waals surface area contributed by atoms with Gasteiger partial charge in [-0.3, -0.25) is 9.97 Å². The zero-order chi connectivity index (χ0) is 9.10. The lowest BCUT2D eigenvalue weighted by molar-refractivity contribution is 0.533. The van der Waals surface area contributed by atoms with Crippen molar-refractivity contribution in [3.63, 3.8) is 0 Å². The predicted octanol–water partition coefficient (Wildman–Crippen LogP) is 2.69. The lowest BCUT2D eigenvalue weighted by Gasteiger charge is -2.23. The van der Waals surface area contributed by atoms with Gasteiger partial charge in [0.05, 0.1) is 5.69 Å². The van der Waals surface area contributed by atoms with Crippen LogP contribution in [0.5, 0.6) is 0 Å². The first-order valence-corrected chi connectivity index (χ1v) is 4.81. The quantitative estimate of drug-likeness (QED) is 0.612. The molecule has 0 saturated heterocycles. The summed E-state index contributed by atoms with van der Waals surface area (Å²) in [5.74, 6) is 0.461. The monoisotopic (exact) mass is 174 g/mol. The van der Waals surface area contributed by atoms with Crippen molar-refractivity contribution in [3.05, 3.63) is 36.4 Å². The van der Waals surface area contributed by atoms with Crippen molar-refractivity contribution in [3.8, 4) is 0 Å². The van der Waals surface area contributed by atoms with Gasteiger partial charge in [-0.1, -0.05) is 18.6 Å². The minimum atomic E-state index is 0.461. The maximum absolute atomic E-state index is 4.33. The smallest absolute Gasteiger partial charge is 0.0657 e. The fourth-order valence-electron chi connectivity index (χ4n) is 1.93. The summed E-state index contributed by atoms with van der Waals surface area (Å²) in [6.07, 6.45) is 10.3. The van der Waals surface area contributed by atoms with Crippen LogP contribution in [-0.4, -0.2) is 9.97 Å². The van der Waals surface area contributed by atoms with Gasteiger partial charge in [-0.25, -0.2) is 0 Å². The van der Waals surface area contributed by atoms with Crippen molar-refractivity contribution in [2.45, 2.75) is 31.6 Å². The molecule has 0 spiro atoms. The van der Waals surface area contributed by atoms with Crippen LogP contribution in [0.15, 0.2) is 30.7 Å². The summed E-state index contributed by atoms with van der Waals surface area (Å²) in [6.45, 7) is 4.10. The number of allylic oxidation sites excluding steroid dienone is 1. The number of rotatable bonds is 1. The van der Waals surface area contributed by atoms with E-state index in [1.165, 1.54) is 24.8 Å². The highest BCUT2D eigenvalue weighted by Gasteiger charge is 2.19. The Bertz CT molecular complexity index is 292. The lowest BCUT2D eigenvalue weighted by Crippen LogP contribution is -2.09. The third-order valence-corrected chi connectivity index (χ3v) is 2.67. The summed E-state index contributed by atoms with van der Waals surface area (Å²) in [5.41, 5.74) is 2.42. The van der Waals surface area contributed by atoms with Gasteiger partial charge in [0, 0.05) is 24.5 Å². The molecule has 1 unspecified atom stereocenters. The van der Waals surface area contributed by atoms with Crippen LogP contribution in [0.4, 0.5) is 0 Å². The molecule has 0 amide bonds. The van der Waals surface area contributed by atoms with E-state index < -0.39 is 0 Å². The Kier molecular flexibility index (Phi) is 2.39. The highest BCUT2D eigenvalue weighted by Crippen LogP contribution is 2.34. The summed E-state index contributed by atoms with van der Waals surface area (Å²) in [6, 6.07) is 0. The van der Waals surface area contributed by atoms with E-state index in [2.05, 4.69) is 16.5 Å². The molecule has 0 aliphatic heterocycles. The van der Waals surface area contributed by atoms with Gasteiger partial charge in [0.25, 0.3) is 0 Å². The molecule has 1 aromatic rings. The number of aromatic nitrogens is 2. The van der Waals surface area contributed by atoms with Crippen LogP contribution >= 0.6 is 0 Å². The van der Waals surface area contributed by atoms with E-state index >= 15 is 0 Å². The molecule has 0 radical (unpaired) electrons. The zero-order valence-electron chi connectivity index (χ0n) is 7.74.